The summed E-state index contributed by atoms with van der Waals surface area (Å²) >= 11 is 0. The van der Waals surface area contributed by atoms with Crippen LogP contribution in [0.3, 0.4) is 0 Å². The summed E-state index contributed by atoms with van der Waals surface area (Å²) in [7, 11) is 3.54. The van der Waals surface area contributed by atoms with Crippen LogP contribution in [0.25, 0.3) is 0 Å². The van der Waals surface area contributed by atoms with Crippen LogP contribution >= 0.6 is 0 Å². The second kappa shape index (κ2) is 9.06. The number of benzene rings is 1. The Morgan fingerprint density at radius 1 is 1.19 bits per heavy atom. The Labute approximate surface area is 129 Å². The van der Waals surface area contributed by atoms with Gasteiger partial charge in [-0.3, -0.25) is 0 Å². The van der Waals surface area contributed by atoms with E-state index in [1.165, 1.54) is 31.2 Å². The number of nitrogens with one attached hydrogen (secondary N) is 1. The van der Waals surface area contributed by atoms with Crippen molar-refractivity contribution in [2.75, 3.05) is 27.4 Å². The molecular weight excluding hydrogens is 262 g/mol. The molecule has 1 aromatic rings. The van der Waals surface area contributed by atoms with E-state index in [-0.39, 0.29) is 0 Å². The van der Waals surface area contributed by atoms with Gasteiger partial charge in [-0.05, 0) is 56.2 Å². The van der Waals surface area contributed by atoms with Crippen molar-refractivity contribution in [3.63, 3.8) is 0 Å². The molecule has 0 radical (unpaired) electrons. The number of methoxy groups -OCH3 is 2. The van der Waals surface area contributed by atoms with Gasteiger partial charge in [0.15, 0.2) is 0 Å². The Morgan fingerprint density at radius 3 is 2.71 bits per heavy atom. The lowest BCUT2D eigenvalue weighted by atomic mass is 9.93. The van der Waals surface area contributed by atoms with Crippen LogP contribution in [0.5, 0.6) is 5.75 Å². The first-order valence-electron chi connectivity index (χ1n) is 8.17. The summed E-state index contributed by atoms with van der Waals surface area (Å²) < 4.78 is 10.6. The molecule has 0 aliphatic heterocycles. The van der Waals surface area contributed by atoms with E-state index in [1.807, 2.05) is 6.07 Å². The van der Waals surface area contributed by atoms with Crippen molar-refractivity contribution >= 4 is 0 Å². The van der Waals surface area contributed by atoms with Crippen LogP contribution in [0.4, 0.5) is 0 Å². The molecule has 21 heavy (non-hydrogen) atoms. The summed E-state index contributed by atoms with van der Waals surface area (Å²) in [6, 6.07) is 9.18. The van der Waals surface area contributed by atoms with Gasteiger partial charge in [-0.15, -0.1) is 0 Å². The number of unbranched alkanes of at least 4 members (excludes halogenated alkanes) is 1. The lowest BCUT2D eigenvalue weighted by molar-refractivity contribution is 0.190. The van der Waals surface area contributed by atoms with Crippen molar-refractivity contribution < 1.29 is 9.47 Å². The van der Waals surface area contributed by atoms with Gasteiger partial charge in [0.2, 0.25) is 0 Å². The standard InChI is InChI=1S/C18H29NO2/c1-20-12-6-5-7-15(14-19-17-10-11-17)13-16-8-3-4-9-18(16)21-2/h3-4,8-9,15,17,19H,5-7,10-14H2,1-2H3. The number of para-hydroxylation sites is 1. The van der Waals surface area contributed by atoms with Gasteiger partial charge in [0.1, 0.15) is 5.75 Å². The lowest BCUT2D eigenvalue weighted by Crippen LogP contribution is -2.26. The van der Waals surface area contributed by atoms with E-state index < -0.39 is 0 Å². The van der Waals surface area contributed by atoms with Gasteiger partial charge < -0.3 is 14.8 Å². The Bertz CT molecular complexity index is 404. The quantitative estimate of drug-likeness (QED) is 0.634. The predicted octanol–water partition coefficient (Wildman–Crippen LogP) is 3.42. The highest BCUT2D eigenvalue weighted by Gasteiger charge is 2.22. The first-order chi connectivity index (χ1) is 10.3. The molecule has 1 atom stereocenters. The molecule has 1 aromatic carbocycles. The summed E-state index contributed by atoms with van der Waals surface area (Å²) in [5.41, 5.74) is 1.33. The summed E-state index contributed by atoms with van der Waals surface area (Å²) in [6.45, 7) is 1.99. The van der Waals surface area contributed by atoms with Gasteiger partial charge in [-0.2, -0.15) is 0 Å². The van der Waals surface area contributed by atoms with Gasteiger partial charge in [0.25, 0.3) is 0 Å². The molecule has 1 saturated carbocycles. The summed E-state index contributed by atoms with van der Waals surface area (Å²) in [6.07, 6.45) is 7.44. The van der Waals surface area contributed by atoms with Crippen LogP contribution in [0.1, 0.15) is 37.7 Å². The van der Waals surface area contributed by atoms with Crippen LogP contribution in [0.2, 0.25) is 0 Å². The van der Waals surface area contributed by atoms with Crippen molar-refractivity contribution in [1.82, 2.24) is 5.32 Å². The van der Waals surface area contributed by atoms with E-state index in [4.69, 9.17) is 9.47 Å². The average molecular weight is 291 g/mol. The fourth-order valence-electron chi connectivity index (χ4n) is 2.76. The first kappa shape index (κ1) is 16.3. The van der Waals surface area contributed by atoms with E-state index in [2.05, 4.69) is 23.5 Å². The van der Waals surface area contributed by atoms with Gasteiger partial charge >= 0.3 is 0 Å². The van der Waals surface area contributed by atoms with E-state index in [1.54, 1.807) is 14.2 Å². The maximum absolute atomic E-state index is 5.49. The normalized spacial score (nSPS) is 15.9. The van der Waals surface area contributed by atoms with E-state index in [0.29, 0.717) is 5.92 Å². The monoisotopic (exact) mass is 291 g/mol. The molecule has 3 nitrogen and oxygen atoms in total. The molecule has 0 spiro atoms. The molecule has 1 fully saturated rings. The molecule has 0 bridgehead atoms. The molecule has 2 rings (SSSR count). The van der Waals surface area contributed by atoms with Crippen molar-refractivity contribution in [2.24, 2.45) is 5.92 Å². The van der Waals surface area contributed by atoms with Crippen LogP contribution < -0.4 is 10.1 Å². The second-order valence-electron chi connectivity index (χ2n) is 6.05. The third-order valence-corrected chi connectivity index (χ3v) is 4.18. The van der Waals surface area contributed by atoms with Crippen molar-refractivity contribution in [3.05, 3.63) is 29.8 Å². The minimum Gasteiger partial charge on any atom is -0.496 e. The van der Waals surface area contributed by atoms with E-state index >= 15 is 0 Å². The summed E-state index contributed by atoms with van der Waals surface area (Å²) in [5, 5.41) is 3.68. The molecule has 0 saturated heterocycles. The van der Waals surface area contributed by atoms with Crippen molar-refractivity contribution in [2.45, 2.75) is 44.6 Å². The van der Waals surface area contributed by atoms with Crippen LogP contribution in [0, 0.1) is 5.92 Å². The Kier molecular flexibility index (Phi) is 7.04. The Morgan fingerprint density at radius 2 is 2.00 bits per heavy atom. The van der Waals surface area contributed by atoms with Gasteiger partial charge in [0, 0.05) is 19.8 Å². The van der Waals surface area contributed by atoms with Crippen LogP contribution in [-0.4, -0.2) is 33.4 Å². The first-order valence-corrected chi connectivity index (χ1v) is 8.17. The molecule has 0 aromatic heterocycles. The smallest absolute Gasteiger partial charge is 0.122 e. The maximum Gasteiger partial charge on any atom is 0.122 e. The Balaban J connectivity index is 1.86. The zero-order valence-electron chi connectivity index (χ0n) is 13.4. The SMILES string of the molecule is COCCCCC(CNC1CC1)Cc1ccccc1OC. The van der Waals surface area contributed by atoms with Crippen molar-refractivity contribution in [3.8, 4) is 5.75 Å². The maximum atomic E-state index is 5.49. The molecule has 0 amide bonds. The highest BCUT2D eigenvalue weighted by molar-refractivity contribution is 5.33. The second-order valence-corrected chi connectivity index (χ2v) is 6.05. The van der Waals surface area contributed by atoms with Crippen molar-refractivity contribution in [1.29, 1.82) is 0 Å². The highest BCUT2D eigenvalue weighted by Crippen LogP contribution is 2.25. The minimum absolute atomic E-state index is 0.679. The molecule has 3 heteroatoms. The molecule has 1 aliphatic carbocycles. The lowest BCUT2D eigenvalue weighted by Gasteiger charge is -2.19. The molecule has 1 N–H and O–H groups in total. The largest absolute Gasteiger partial charge is 0.496 e. The van der Waals surface area contributed by atoms with E-state index in [0.717, 1.165) is 37.8 Å². The summed E-state index contributed by atoms with van der Waals surface area (Å²) in [4.78, 5) is 0. The molecule has 118 valence electrons. The average Bonchev–Trinajstić information content (AvgIpc) is 3.33. The topological polar surface area (TPSA) is 30.5 Å². The molecule has 1 aliphatic rings. The molecule has 0 heterocycles. The van der Waals surface area contributed by atoms with Crippen LogP contribution in [0.15, 0.2) is 24.3 Å². The molecule has 1 unspecified atom stereocenters. The number of hydrogen-bond donors (Lipinski definition) is 1. The zero-order chi connectivity index (χ0) is 14.9. The predicted molar refractivity (Wildman–Crippen MR) is 86.9 cm³/mol. The third kappa shape index (κ3) is 6.06. The third-order valence-electron chi connectivity index (χ3n) is 4.18. The Hall–Kier alpha value is -1.06. The van der Waals surface area contributed by atoms with Gasteiger partial charge in [0.05, 0.1) is 7.11 Å². The fourth-order valence-corrected chi connectivity index (χ4v) is 2.76. The summed E-state index contributed by atoms with van der Waals surface area (Å²) in [5.74, 6) is 1.70. The fraction of sp³-hybridized carbons (Fsp3) is 0.667. The molecular formula is C18H29NO2. The highest BCUT2D eigenvalue weighted by atomic mass is 16.5. The van der Waals surface area contributed by atoms with Gasteiger partial charge in [-0.1, -0.05) is 24.6 Å². The minimum atomic E-state index is 0.679. The van der Waals surface area contributed by atoms with Crippen LogP contribution in [-0.2, 0) is 11.2 Å². The number of ether oxygens (including phenoxy) is 2. The van der Waals surface area contributed by atoms with Gasteiger partial charge in [-0.25, -0.2) is 0 Å². The van der Waals surface area contributed by atoms with E-state index in [9.17, 15) is 0 Å². The zero-order valence-corrected chi connectivity index (χ0v) is 13.4. The number of rotatable bonds is 11. The number of hydrogen-bond acceptors (Lipinski definition) is 3.